The fraction of sp³-hybridized carbons (Fsp3) is 1.00. The number of unbranched alkanes of at least 4 members (excludes halogenated alkanes) is 1. The van der Waals surface area contributed by atoms with Crippen molar-refractivity contribution in [1.82, 2.24) is 5.09 Å². The van der Waals surface area contributed by atoms with Gasteiger partial charge >= 0.3 is 0 Å². The van der Waals surface area contributed by atoms with E-state index in [2.05, 4.69) is 5.09 Å². The van der Waals surface area contributed by atoms with Gasteiger partial charge in [0.2, 0.25) is 0 Å². The van der Waals surface area contributed by atoms with Crippen LogP contribution < -0.4 is 16.1 Å². The van der Waals surface area contributed by atoms with E-state index in [9.17, 15) is 4.57 Å². The second-order valence-corrected chi connectivity index (χ2v) is 4.13. The van der Waals surface area contributed by atoms with E-state index in [1.807, 2.05) is 0 Å². The van der Waals surface area contributed by atoms with E-state index in [0.717, 1.165) is 12.8 Å². The molecule has 0 aliphatic rings. The van der Waals surface area contributed by atoms with Crippen LogP contribution >= 0.6 is 19.2 Å². The zero-order valence-corrected chi connectivity index (χ0v) is 7.37. The lowest BCUT2D eigenvalue weighted by Crippen LogP contribution is -2.23. The summed E-state index contributed by atoms with van der Waals surface area (Å²) >= 11 is 5.39. The van der Waals surface area contributed by atoms with Crippen molar-refractivity contribution in [3.63, 3.8) is 0 Å². The summed E-state index contributed by atoms with van der Waals surface area (Å²) in [4.78, 5) is 0. The standard InChI is InChI=1S/C4H13ClN3OP/c5-3-1-2-4-8-10(6,7)9/h1-4H2,(H5,6,7,8,9). The molecule has 0 radical (unpaired) electrons. The quantitative estimate of drug-likeness (QED) is 0.333. The van der Waals surface area contributed by atoms with Gasteiger partial charge in [0.1, 0.15) is 0 Å². The highest BCUT2D eigenvalue weighted by Crippen LogP contribution is 2.16. The van der Waals surface area contributed by atoms with Crippen molar-refractivity contribution >= 4 is 19.2 Å². The van der Waals surface area contributed by atoms with Gasteiger partial charge in [-0.05, 0) is 12.8 Å². The van der Waals surface area contributed by atoms with Gasteiger partial charge in [-0.2, -0.15) is 0 Å². The third-order valence-electron chi connectivity index (χ3n) is 0.919. The normalized spacial score (nSPS) is 11.9. The number of halogens is 1. The minimum atomic E-state index is -3.00. The van der Waals surface area contributed by atoms with Gasteiger partial charge in [-0.3, -0.25) is 15.6 Å². The Bertz CT molecular complexity index is 126. The van der Waals surface area contributed by atoms with Gasteiger partial charge in [0, 0.05) is 12.4 Å². The van der Waals surface area contributed by atoms with Gasteiger partial charge in [-0.25, -0.2) is 5.09 Å². The first-order chi connectivity index (χ1) is 4.56. The van der Waals surface area contributed by atoms with Gasteiger partial charge < -0.3 is 0 Å². The van der Waals surface area contributed by atoms with Crippen LogP contribution in [0.1, 0.15) is 12.8 Å². The Morgan fingerprint density at radius 1 is 1.40 bits per heavy atom. The summed E-state index contributed by atoms with van der Waals surface area (Å²) in [5.41, 5.74) is 10.0. The third-order valence-corrected chi connectivity index (χ3v) is 1.90. The molecule has 0 aromatic rings. The second kappa shape index (κ2) is 5.10. The molecule has 0 rings (SSSR count). The zero-order valence-electron chi connectivity index (χ0n) is 5.72. The molecule has 0 aliphatic carbocycles. The highest BCUT2D eigenvalue weighted by atomic mass is 35.5. The lowest BCUT2D eigenvalue weighted by Gasteiger charge is -2.06. The number of nitrogens with two attached hydrogens (primary N) is 2. The molecule has 4 nitrogen and oxygen atoms in total. The summed E-state index contributed by atoms with van der Waals surface area (Å²) in [5.74, 6) is 0.612. The Labute approximate surface area is 65.8 Å². The topological polar surface area (TPSA) is 81.1 Å². The van der Waals surface area contributed by atoms with E-state index in [1.165, 1.54) is 0 Å². The maximum atomic E-state index is 10.6. The molecule has 10 heavy (non-hydrogen) atoms. The molecule has 0 fully saturated rings. The Morgan fingerprint density at radius 3 is 2.40 bits per heavy atom. The molecule has 0 saturated heterocycles. The smallest absolute Gasteiger partial charge is 0.271 e. The second-order valence-electron chi connectivity index (χ2n) is 2.01. The predicted molar refractivity (Wildman–Crippen MR) is 43.9 cm³/mol. The summed E-state index contributed by atoms with van der Waals surface area (Å²) in [7, 11) is -3.00. The summed E-state index contributed by atoms with van der Waals surface area (Å²) in [5, 5.41) is 2.51. The average molecular weight is 186 g/mol. The molecule has 6 heteroatoms. The predicted octanol–water partition coefficient (Wildman–Crippen LogP) is 0.620. The molecule has 0 saturated carbocycles. The molecule has 0 aliphatic heterocycles. The average Bonchev–Trinajstić information content (AvgIpc) is 1.78. The van der Waals surface area contributed by atoms with Gasteiger partial charge in [0.05, 0.1) is 0 Å². The Kier molecular flexibility index (Phi) is 5.31. The molecular formula is C4H13ClN3OP. The van der Waals surface area contributed by atoms with Gasteiger partial charge in [-0.15, -0.1) is 11.6 Å². The number of nitrogens with one attached hydrogen (secondary N) is 1. The van der Waals surface area contributed by atoms with Crippen LogP contribution in [0.2, 0.25) is 0 Å². The van der Waals surface area contributed by atoms with Crippen LogP contribution in [0.4, 0.5) is 0 Å². The maximum absolute atomic E-state index is 10.6. The number of alkyl halides is 1. The largest absolute Gasteiger partial charge is 0.273 e. The summed E-state index contributed by atoms with van der Waals surface area (Å²) in [6.45, 7) is 0.566. The van der Waals surface area contributed by atoms with Crippen LogP contribution in [0, 0.1) is 0 Å². The van der Waals surface area contributed by atoms with Crippen molar-refractivity contribution in [2.45, 2.75) is 12.8 Å². The summed E-state index contributed by atoms with van der Waals surface area (Å²) < 4.78 is 10.6. The van der Waals surface area contributed by atoms with Crippen LogP contribution in [-0.2, 0) is 4.57 Å². The van der Waals surface area contributed by atoms with Crippen molar-refractivity contribution in [2.75, 3.05) is 12.4 Å². The molecule has 0 unspecified atom stereocenters. The van der Waals surface area contributed by atoms with E-state index < -0.39 is 7.59 Å². The SMILES string of the molecule is NP(N)(=O)NCCCCCl. The highest BCUT2D eigenvalue weighted by Gasteiger charge is 2.04. The summed E-state index contributed by atoms with van der Waals surface area (Å²) in [6, 6.07) is 0. The minimum absolute atomic E-state index is 0.566. The molecule has 0 aromatic heterocycles. The molecule has 0 atom stereocenters. The molecule has 0 aromatic carbocycles. The van der Waals surface area contributed by atoms with E-state index in [-0.39, 0.29) is 0 Å². The number of hydrogen-bond donors (Lipinski definition) is 3. The molecule has 5 N–H and O–H groups in total. The molecule has 0 spiro atoms. The minimum Gasteiger partial charge on any atom is -0.271 e. The first-order valence-corrected chi connectivity index (χ1v) is 5.42. The van der Waals surface area contributed by atoms with Crippen LogP contribution in [0.15, 0.2) is 0 Å². The summed E-state index contributed by atoms with van der Waals surface area (Å²) in [6.07, 6.45) is 1.73. The van der Waals surface area contributed by atoms with Crippen LogP contribution in [-0.4, -0.2) is 12.4 Å². The van der Waals surface area contributed by atoms with Crippen molar-refractivity contribution < 1.29 is 4.57 Å². The van der Waals surface area contributed by atoms with Gasteiger partial charge in [0.25, 0.3) is 7.59 Å². The number of hydrogen-bond acceptors (Lipinski definition) is 1. The van der Waals surface area contributed by atoms with Crippen LogP contribution in [0.5, 0.6) is 0 Å². The van der Waals surface area contributed by atoms with Gasteiger partial charge in [-0.1, -0.05) is 0 Å². The Hall–Kier alpha value is 0.400. The number of rotatable bonds is 5. The molecule has 62 valence electrons. The fourth-order valence-corrected chi connectivity index (χ4v) is 1.17. The zero-order chi connectivity index (χ0) is 8.04. The van der Waals surface area contributed by atoms with Gasteiger partial charge in [0.15, 0.2) is 0 Å². The molecular weight excluding hydrogens is 172 g/mol. The Balaban J connectivity index is 3.13. The van der Waals surface area contributed by atoms with E-state index in [0.29, 0.717) is 12.4 Å². The van der Waals surface area contributed by atoms with Crippen molar-refractivity contribution in [1.29, 1.82) is 0 Å². The lowest BCUT2D eigenvalue weighted by atomic mass is 10.3. The fourth-order valence-electron chi connectivity index (χ4n) is 0.473. The van der Waals surface area contributed by atoms with Crippen LogP contribution in [0.3, 0.4) is 0 Å². The van der Waals surface area contributed by atoms with Crippen molar-refractivity contribution in [3.05, 3.63) is 0 Å². The monoisotopic (exact) mass is 185 g/mol. The molecule has 0 amide bonds. The molecule has 0 bridgehead atoms. The van der Waals surface area contributed by atoms with E-state index in [1.54, 1.807) is 0 Å². The maximum Gasteiger partial charge on any atom is 0.273 e. The first kappa shape index (κ1) is 10.4. The van der Waals surface area contributed by atoms with E-state index >= 15 is 0 Å². The molecule has 0 heterocycles. The van der Waals surface area contributed by atoms with E-state index in [4.69, 9.17) is 22.6 Å². The highest BCUT2D eigenvalue weighted by molar-refractivity contribution is 7.56. The van der Waals surface area contributed by atoms with Crippen molar-refractivity contribution in [3.8, 4) is 0 Å². The Morgan fingerprint density at radius 2 is 2.00 bits per heavy atom. The van der Waals surface area contributed by atoms with Crippen molar-refractivity contribution in [2.24, 2.45) is 11.0 Å². The van der Waals surface area contributed by atoms with Crippen LogP contribution in [0.25, 0.3) is 0 Å². The third kappa shape index (κ3) is 8.40. The lowest BCUT2D eigenvalue weighted by molar-refractivity contribution is 0.564. The first-order valence-electron chi connectivity index (χ1n) is 3.04.